The Kier molecular flexibility index (Phi) is 9.58. The van der Waals surface area contributed by atoms with E-state index >= 15 is 0 Å². The summed E-state index contributed by atoms with van der Waals surface area (Å²) in [7, 11) is -4.21. The summed E-state index contributed by atoms with van der Waals surface area (Å²) in [5.74, 6) is -2.91. The van der Waals surface area contributed by atoms with E-state index in [1.807, 2.05) is 0 Å². The van der Waals surface area contributed by atoms with Crippen LogP contribution >= 0.6 is 0 Å². The Balaban J connectivity index is 0.00000237. The topological polar surface area (TPSA) is 105 Å². The lowest BCUT2D eigenvalue weighted by Crippen LogP contribution is -2.48. The zero-order valence-electron chi connectivity index (χ0n) is 21.6. The SMILES string of the molecule is C#C.C[C@H]1CC[C@@H](C(=O)NCc2cc(-c3cnc(C(F)(F)F)nc3)nc(C(F)(F)F)c2)N1S(=O)(=O)c1ccc(F)cc1. The summed E-state index contributed by atoms with van der Waals surface area (Å²) in [5, 5.41) is 2.43. The number of nitrogens with one attached hydrogen (secondary N) is 1. The maximum atomic E-state index is 13.5. The molecule has 8 nitrogen and oxygen atoms in total. The van der Waals surface area contributed by atoms with Crippen LogP contribution < -0.4 is 5.32 Å². The molecular formula is C26H22F7N5O3S. The van der Waals surface area contributed by atoms with Crippen molar-refractivity contribution in [3.63, 3.8) is 0 Å². The second-order valence-electron chi connectivity index (χ2n) is 8.99. The largest absolute Gasteiger partial charge is 0.451 e. The Morgan fingerprint density at radius 2 is 1.60 bits per heavy atom. The molecule has 1 N–H and O–H groups in total. The molecule has 0 aliphatic carbocycles. The van der Waals surface area contributed by atoms with Crippen LogP contribution in [0.2, 0.25) is 0 Å². The standard InChI is InChI=1S/C24H20F7N5O3S.C2H2/c1-13-2-7-19(36(13)40(38,39)17-5-3-16(25)4-6-17)21(37)32-10-14-8-18(35-20(9-14)23(26,27)28)15-11-33-22(34-12-15)24(29,30)31;1-2/h3-6,8-9,11-13,19H,2,7,10H2,1H3,(H,32,37);1-2H/t13-,19-;/m0./s1. The van der Waals surface area contributed by atoms with E-state index in [2.05, 4.69) is 33.1 Å². The predicted molar refractivity (Wildman–Crippen MR) is 135 cm³/mol. The van der Waals surface area contributed by atoms with Crippen molar-refractivity contribution in [2.24, 2.45) is 0 Å². The van der Waals surface area contributed by atoms with Crippen LogP contribution in [0.25, 0.3) is 11.3 Å². The van der Waals surface area contributed by atoms with Crippen LogP contribution in [0.5, 0.6) is 0 Å². The van der Waals surface area contributed by atoms with Gasteiger partial charge in [-0.2, -0.15) is 30.6 Å². The van der Waals surface area contributed by atoms with Crippen LogP contribution in [0.3, 0.4) is 0 Å². The van der Waals surface area contributed by atoms with E-state index in [1.54, 1.807) is 6.92 Å². The summed E-state index contributed by atoms with van der Waals surface area (Å²) < 4.78 is 120. The van der Waals surface area contributed by atoms with Crippen molar-refractivity contribution < 1.29 is 43.9 Å². The summed E-state index contributed by atoms with van der Waals surface area (Å²) in [4.78, 5) is 22.5. The van der Waals surface area contributed by atoms with Crippen LogP contribution in [0.4, 0.5) is 30.7 Å². The molecule has 0 spiro atoms. The van der Waals surface area contributed by atoms with Gasteiger partial charge in [-0.25, -0.2) is 27.8 Å². The number of carbonyl (C=O) groups is 1. The van der Waals surface area contributed by atoms with Gasteiger partial charge in [-0.1, -0.05) is 0 Å². The first-order valence-corrected chi connectivity index (χ1v) is 13.4. The molecule has 2 atom stereocenters. The van der Waals surface area contributed by atoms with Crippen molar-refractivity contribution in [1.29, 1.82) is 0 Å². The zero-order chi connectivity index (χ0) is 31.5. The van der Waals surface area contributed by atoms with Gasteiger partial charge < -0.3 is 5.32 Å². The number of nitrogens with zero attached hydrogens (tertiary/aromatic N) is 4. The fraction of sp³-hybridized carbons (Fsp3) is 0.308. The van der Waals surface area contributed by atoms with Gasteiger partial charge in [-0.15, -0.1) is 12.8 Å². The van der Waals surface area contributed by atoms with E-state index in [9.17, 15) is 43.9 Å². The van der Waals surface area contributed by atoms with Crippen molar-refractivity contribution in [2.45, 2.75) is 55.6 Å². The van der Waals surface area contributed by atoms with Gasteiger partial charge in [0.1, 0.15) is 17.6 Å². The first-order chi connectivity index (χ1) is 19.6. The molecule has 2 aromatic heterocycles. The highest BCUT2D eigenvalue weighted by Gasteiger charge is 2.43. The number of carbonyl (C=O) groups excluding carboxylic acids is 1. The molecule has 1 amide bonds. The molecule has 0 radical (unpaired) electrons. The highest BCUT2D eigenvalue weighted by molar-refractivity contribution is 7.89. The Morgan fingerprint density at radius 1 is 1.00 bits per heavy atom. The average Bonchev–Trinajstić information content (AvgIpc) is 3.34. The van der Waals surface area contributed by atoms with Gasteiger partial charge in [-0.3, -0.25) is 4.79 Å². The summed E-state index contributed by atoms with van der Waals surface area (Å²) in [6.45, 7) is 1.11. The normalized spacial score (nSPS) is 17.8. The number of benzene rings is 1. The highest BCUT2D eigenvalue weighted by Crippen LogP contribution is 2.33. The lowest BCUT2D eigenvalue weighted by molar-refractivity contribution is -0.145. The Morgan fingerprint density at radius 3 is 2.14 bits per heavy atom. The molecule has 3 aromatic rings. The smallest absolute Gasteiger partial charge is 0.351 e. The molecule has 0 unspecified atom stereocenters. The zero-order valence-corrected chi connectivity index (χ0v) is 22.4. The molecule has 16 heteroatoms. The summed E-state index contributed by atoms with van der Waals surface area (Å²) in [6.07, 6.45) is 0.0286. The highest BCUT2D eigenvalue weighted by atomic mass is 32.2. The van der Waals surface area contributed by atoms with Crippen molar-refractivity contribution in [2.75, 3.05) is 0 Å². The Hall–Kier alpha value is -4.10. The van der Waals surface area contributed by atoms with Crippen LogP contribution in [-0.2, 0) is 33.7 Å². The van der Waals surface area contributed by atoms with Crippen molar-refractivity contribution in [3.05, 3.63) is 71.7 Å². The number of aromatic nitrogens is 3. The van der Waals surface area contributed by atoms with E-state index in [0.29, 0.717) is 24.9 Å². The molecule has 4 rings (SSSR count). The van der Waals surface area contributed by atoms with Gasteiger partial charge in [-0.05, 0) is 61.7 Å². The van der Waals surface area contributed by atoms with Crippen LogP contribution in [0, 0.1) is 18.7 Å². The minimum Gasteiger partial charge on any atom is -0.351 e. The number of pyridine rings is 1. The number of hydrogen-bond acceptors (Lipinski definition) is 6. The first-order valence-electron chi connectivity index (χ1n) is 12.0. The lowest BCUT2D eigenvalue weighted by atomic mass is 10.1. The number of hydrogen-bond donors (Lipinski definition) is 1. The molecule has 42 heavy (non-hydrogen) atoms. The summed E-state index contributed by atoms with van der Waals surface area (Å²) in [5.41, 5.74) is -2.09. The molecule has 1 aromatic carbocycles. The van der Waals surface area contributed by atoms with E-state index in [4.69, 9.17) is 0 Å². The Labute approximate surface area is 236 Å². The summed E-state index contributed by atoms with van der Waals surface area (Å²) >= 11 is 0. The minimum atomic E-state index is -4.93. The quantitative estimate of drug-likeness (QED) is 0.314. The van der Waals surface area contributed by atoms with Crippen molar-refractivity contribution in [1.82, 2.24) is 24.6 Å². The maximum absolute atomic E-state index is 13.5. The second kappa shape index (κ2) is 12.4. The van der Waals surface area contributed by atoms with Gasteiger partial charge >= 0.3 is 12.4 Å². The fourth-order valence-electron chi connectivity index (χ4n) is 4.24. The molecule has 0 saturated carbocycles. The van der Waals surface area contributed by atoms with Gasteiger partial charge in [0, 0.05) is 30.5 Å². The predicted octanol–water partition coefficient (Wildman–Crippen LogP) is 4.82. The number of halogens is 7. The van der Waals surface area contributed by atoms with Crippen LogP contribution in [0.15, 0.2) is 53.7 Å². The van der Waals surface area contributed by atoms with Gasteiger partial charge in [0.05, 0.1) is 10.6 Å². The molecular weight excluding hydrogens is 595 g/mol. The summed E-state index contributed by atoms with van der Waals surface area (Å²) in [6, 6.07) is 4.05. The molecule has 1 fully saturated rings. The fourth-order valence-corrected chi connectivity index (χ4v) is 6.07. The number of terminal acetylenes is 1. The second-order valence-corrected chi connectivity index (χ2v) is 10.8. The molecule has 1 aliphatic rings. The van der Waals surface area contributed by atoms with E-state index in [1.165, 1.54) is 0 Å². The van der Waals surface area contributed by atoms with Crippen LogP contribution in [0.1, 0.15) is 36.8 Å². The van der Waals surface area contributed by atoms with E-state index in [0.717, 1.165) is 34.6 Å². The third-order valence-electron chi connectivity index (χ3n) is 6.13. The lowest BCUT2D eigenvalue weighted by Gasteiger charge is -2.27. The number of rotatable bonds is 6. The molecule has 224 valence electrons. The van der Waals surface area contributed by atoms with Crippen molar-refractivity contribution >= 4 is 15.9 Å². The number of alkyl halides is 6. The van der Waals surface area contributed by atoms with Gasteiger partial charge in [0.2, 0.25) is 21.8 Å². The number of amides is 1. The third kappa shape index (κ3) is 7.21. The average molecular weight is 618 g/mol. The van der Waals surface area contributed by atoms with E-state index in [-0.39, 0.29) is 28.1 Å². The molecule has 1 aliphatic heterocycles. The third-order valence-corrected chi connectivity index (χ3v) is 8.17. The van der Waals surface area contributed by atoms with Gasteiger partial charge in [0.15, 0.2) is 0 Å². The first kappa shape index (κ1) is 32.4. The number of sulfonamides is 1. The van der Waals surface area contributed by atoms with Gasteiger partial charge in [0.25, 0.3) is 0 Å². The Bertz CT molecular complexity index is 1540. The van der Waals surface area contributed by atoms with Crippen LogP contribution in [-0.4, -0.2) is 45.7 Å². The molecule has 0 bridgehead atoms. The van der Waals surface area contributed by atoms with E-state index < -0.39 is 64.2 Å². The van der Waals surface area contributed by atoms with Crippen molar-refractivity contribution in [3.8, 4) is 24.1 Å². The molecule has 3 heterocycles. The molecule has 1 saturated heterocycles. The minimum absolute atomic E-state index is 0.107. The maximum Gasteiger partial charge on any atom is 0.451 e. The monoisotopic (exact) mass is 617 g/mol.